The van der Waals surface area contributed by atoms with Gasteiger partial charge in [-0.3, -0.25) is 0 Å². The first kappa shape index (κ1) is 15.7. The maximum atomic E-state index is 12.3. The van der Waals surface area contributed by atoms with Gasteiger partial charge >= 0.3 is 6.03 Å². The van der Waals surface area contributed by atoms with Gasteiger partial charge in [-0.05, 0) is 24.8 Å². The van der Waals surface area contributed by atoms with Crippen LogP contribution in [-0.2, 0) is 6.54 Å². The molecule has 4 heteroatoms. The fourth-order valence-electron chi connectivity index (χ4n) is 3.17. The molecule has 0 radical (unpaired) electrons. The summed E-state index contributed by atoms with van der Waals surface area (Å²) in [6.07, 6.45) is 4.84. The van der Waals surface area contributed by atoms with E-state index in [0.29, 0.717) is 18.5 Å². The van der Waals surface area contributed by atoms with E-state index < -0.39 is 0 Å². The molecule has 0 heterocycles. The lowest BCUT2D eigenvalue weighted by molar-refractivity contribution is 0.145. The van der Waals surface area contributed by atoms with Gasteiger partial charge in [0.2, 0.25) is 0 Å². The number of methoxy groups -OCH3 is 1. The lowest BCUT2D eigenvalue weighted by atomic mass is 9.85. The topological polar surface area (TPSA) is 41.6 Å². The van der Waals surface area contributed by atoms with Crippen LogP contribution in [0.15, 0.2) is 24.3 Å². The second-order valence-corrected chi connectivity index (χ2v) is 5.91. The molecular weight excluding hydrogens is 264 g/mol. The molecule has 1 aromatic carbocycles. The molecule has 2 atom stereocenters. The number of carbonyl (C=O) groups is 1. The summed E-state index contributed by atoms with van der Waals surface area (Å²) in [5.74, 6) is 1.40. The molecule has 2 rings (SSSR count). The van der Waals surface area contributed by atoms with Gasteiger partial charge in [0.15, 0.2) is 0 Å². The van der Waals surface area contributed by atoms with Gasteiger partial charge in [0.05, 0.1) is 7.11 Å². The zero-order chi connectivity index (χ0) is 15.2. The molecule has 1 aliphatic carbocycles. The number of hydrogen-bond acceptors (Lipinski definition) is 2. The molecule has 1 saturated carbocycles. The Morgan fingerprint density at radius 1 is 1.33 bits per heavy atom. The van der Waals surface area contributed by atoms with E-state index >= 15 is 0 Å². The number of rotatable bonds is 4. The first-order valence-electron chi connectivity index (χ1n) is 7.76. The molecule has 0 spiro atoms. The van der Waals surface area contributed by atoms with Crippen molar-refractivity contribution in [3.05, 3.63) is 29.8 Å². The third kappa shape index (κ3) is 3.90. The molecule has 1 aliphatic rings. The molecule has 0 aliphatic heterocycles. The summed E-state index contributed by atoms with van der Waals surface area (Å²) in [4.78, 5) is 14.2. The Morgan fingerprint density at radius 3 is 2.76 bits per heavy atom. The first-order chi connectivity index (χ1) is 10.1. The normalized spacial score (nSPS) is 21.7. The Hall–Kier alpha value is -1.71. The minimum atomic E-state index is -0.000318. The number of para-hydroxylation sites is 1. The monoisotopic (exact) mass is 290 g/mol. The van der Waals surface area contributed by atoms with Crippen molar-refractivity contribution in [3.8, 4) is 5.75 Å². The highest BCUT2D eigenvalue weighted by Crippen LogP contribution is 2.27. The van der Waals surface area contributed by atoms with Crippen LogP contribution in [0.2, 0.25) is 0 Å². The van der Waals surface area contributed by atoms with Gasteiger partial charge in [0.1, 0.15) is 5.75 Å². The van der Waals surface area contributed by atoms with Crippen LogP contribution in [0, 0.1) is 5.92 Å². The Balaban J connectivity index is 1.91. The Labute approximate surface area is 127 Å². The predicted octanol–water partition coefficient (Wildman–Crippen LogP) is 3.42. The van der Waals surface area contributed by atoms with E-state index in [4.69, 9.17) is 4.74 Å². The van der Waals surface area contributed by atoms with Crippen molar-refractivity contribution in [2.45, 2.75) is 45.2 Å². The van der Waals surface area contributed by atoms with Gasteiger partial charge in [0.25, 0.3) is 0 Å². The summed E-state index contributed by atoms with van der Waals surface area (Å²) >= 11 is 0. The highest BCUT2D eigenvalue weighted by Gasteiger charge is 2.27. The molecule has 1 fully saturated rings. The zero-order valence-electron chi connectivity index (χ0n) is 13.3. The number of amides is 2. The van der Waals surface area contributed by atoms with Crippen molar-refractivity contribution in [1.82, 2.24) is 10.2 Å². The smallest absolute Gasteiger partial charge is 0.317 e. The minimum absolute atomic E-state index is 0.000318. The van der Waals surface area contributed by atoms with E-state index in [2.05, 4.69) is 12.2 Å². The van der Waals surface area contributed by atoms with Crippen LogP contribution in [-0.4, -0.2) is 31.1 Å². The van der Waals surface area contributed by atoms with Crippen LogP contribution in [0.3, 0.4) is 0 Å². The number of benzene rings is 1. The van der Waals surface area contributed by atoms with Crippen molar-refractivity contribution < 1.29 is 9.53 Å². The molecular formula is C17H26N2O2. The quantitative estimate of drug-likeness (QED) is 0.923. The van der Waals surface area contributed by atoms with Gasteiger partial charge < -0.3 is 15.0 Å². The van der Waals surface area contributed by atoms with E-state index in [1.165, 1.54) is 19.3 Å². The van der Waals surface area contributed by atoms with Gasteiger partial charge in [-0.25, -0.2) is 4.79 Å². The molecule has 0 bridgehead atoms. The maximum absolute atomic E-state index is 12.3. The van der Waals surface area contributed by atoms with Crippen LogP contribution in [0.1, 0.15) is 38.2 Å². The fourth-order valence-corrected chi connectivity index (χ4v) is 3.17. The largest absolute Gasteiger partial charge is 0.496 e. The maximum Gasteiger partial charge on any atom is 0.317 e. The molecule has 21 heavy (non-hydrogen) atoms. The Bertz CT molecular complexity index is 476. The number of carbonyl (C=O) groups excluding carboxylic acids is 1. The van der Waals surface area contributed by atoms with Crippen LogP contribution >= 0.6 is 0 Å². The summed E-state index contributed by atoms with van der Waals surface area (Å²) in [7, 11) is 3.56. The number of nitrogens with zero attached hydrogens (tertiary/aromatic N) is 1. The number of urea groups is 1. The average molecular weight is 290 g/mol. The molecule has 1 N–H and O–H groups in total. The Morgan fingerprint density at radius 2 is 2.05 bits per heavy atom. The van der Waals surface area contributed by atoms with Gasteiger partial charge in [-0.2, -0.15) is 0 Å². The number of nitrogens with one attached hydrogen (secondary N) is 1. The summed E-state index contributed by atoms with van der Waals surface area (Å²) in [6, 6.07) is 8.13. The second kappa shape index (κ2) is 7.34. The van der Waals surface area contributed by atoms with Crippen molar-refractivity contribution >= 4 is 6.03 Å². The van der Waals surface area contributed by atoms with E-state index in [-0.39, 0.29) is 6.03 Å². The lowest BCUT2D eigenvalue weighted by Crippen LogP contribution is -2.47. The molecule has 0 unspecified atom stereocenters. The number of ether oxygens (including phenoxy) is 1. The van der Waals surface area contributed by atoms with Crippen molar-refractivity contribution in [1.29, 1.82) is 0 Å². The van der Waals surface area contributed by atoms with Crippen LogP contribution in [0.5, 0.6) is 5.75 Å². The highest BCUT2D eigenvalue weighted by atomic mass is 16.5. The third-order valence-corrected chi connectivity index (χ3v) is 4.51. The van der Waals surface area contributed by atoms with Crippen molar-refractivity contribution in [2.24, 2.45) is 5.92 Å². The van der Waals surface area contributed by atoms with E-state index in [9.17, 15) is 4.79 Å². The lowest BCUT2D eigenvalue weighted by Gasteiger charge is -2.36. The standard InChI is InChI=1S/C17H26N2O2/c1-13-8-4-6-10-15(13)19(2)17(20)18-12-14-9-5-7-11-16(14)21-3/h5,7,9,11,13,15H,4,6,8,10,12H2,1-3H3,(H,18,20)/t13-,15+/m1/s1. The first-order valence-corrected chi connectivity index (χ1v) is 7.76. The molecule has 1 aromatic rings. The SMILES string of the molecule is COc1ccccc1CNC(=O)N(C)[C@H]1CCCC[C@H]1C. The van der Waals surface area contributed by atoms with Crippen molar-refractivity contribution in [3.63, 3.8) is 0 Å². The van der Waals surface area contributed by atoms with Gasteiger partial charge in [-0.15, -0.1) is 0 Å². The molecule has 116 valence electrons. The fraction of sp³-hybridized carbons (Fsp3) is 0.588. The van der Waals surface area contributed by atoms with E-state index in [1.807, 2.05) is 36.2 Å². The third-order valence-electron chi connectivity index (χ3n) is 4.51. The van der Waals surface area contributed by atoms with E-state index in [1.54, 1.807) is 7.11 Å². The minimum Gasteiger partial charge on any atom is -0.496 e. The predicted molar refractivity (Wildman–Crippen MR) is 84.4 cm³/mol. The average Bonchev–Trinajstić information content (AvgIpc) is 2.52. The summed E-state index contributed by atoms with van der Waals surface area (Å²) in [6.45, 7) is 2.74. The van der Waals surface area contributed by atoms with Gasteiger partial charge in [0, 0.05) is 25.2 Å². The summed E-state index contributed by atoms with van der Waals surface area (Å²) in [5, 5.41) is 3.00. The Kier molecular flexibility index (Phi) is 5.48. The van der Waals surface area contributed by atoms with Crippen LogP contribution < -0.4 is 10.1 Å². The van der Waals surface area contributed by atoms with Crippen LogP contribution in [0.25, 0.3) is 0 Å². The molecule has 4 nitrogen and oxygen atoms in total. The summed E-state index contributed by atoms with van der Waals surface area (Å²) in [5.41, 5.74) is 0.999. The van der Waals surface area contributed by atoms with Crippen LogP contribution in [0.4, 0.5) is 4.79 Å². The molecule has 0 saturated heterocycles. The van der Waals surface area contributed by atoms with Crippen molar-refractivity contribution in [2.75, 3.05) is 14.2 Å². The molecule has 2 amide bonds. The number of hydrogen-bond donors (Lipinski definition) is 1. The molecule has 0 aromatic heterocycles. The van der Waals surface area contributed by atoms with Gasteiger partial charge in [-0.1, -0.05) is 38.0 Å². The zero-order valence-corrected chi connectivity index (χ0v) is 13.3. The highest BCUT2D eigenvalue weighted by molar-refractivity contribution is 5.74. The second-order valence-electron chi connectivity index (χ2n) is 5.91. The summed E-state index contributed by atoms with van der Waals surface area (Å²) < 4.78 is 5.31. The van der Waals surface area contributed by atoms with E-state index in [0.717, 1.165) is 17.7 Å².